The monoisotopic (exact) mass is 707 g/mol. The maximum atomic E-state index is 10.6. The average Bonchev–Trinajstić information content (AvgIpc) is 3.58. The second-order valence-corrected chi connectivity index (χ2v) is 21.3. The third-order valence-corrected chi connectivity index (χ3v) is 18.4. The molecule has 0 aromatic heterocycles. The molecular weight excluding hydrogens is 625 g/mol. The topological polar surface area (TPSA) is 60.7 Å². The smallest absolute Gasteiger partial charge is 0.0657 e. The summed E-state index contributed by atoms with van der Waals surface area (Å²) in [4.78, 5) is 0. The van der Waals surface area contributed by atoms with E-state index < -0.39 is 11.2 Å². The van der Waals surface area contributed by atoms with E-state index >= 15 is 0 Å². The van der Waals surface area contributed by atoms with Gasteiger partial charge in [0.05, 0.1) is 11.2 Å². The Hall–Kier alpha value is -0.900. The molecule has 0 saturated heterocycles. The van der Waals surface area contributed by atoms with Gasteiger partial charge < -0.3 is 15.3 Å². The van der Waals surface area contributed by atoms with Crippen molar-refractivity contribution >= 4 is 0 Å². The van der Waals surface area contributed by atoms with Crippen molar-refractivity contribution in [2.45, 2.75) is 184 Å². The highest BCUT2D eigenvalue weighted by Gasteiger charge is 2.61. The quantitative estimate of drug-likeness (QED) is 0.256. The van der Waals surface area contributed by atoms with E-state index in [9.17, 15) is 15.3 Å². The molecule has 8 aliphatic carbocycles. The molecule has 292 valence electrons. The Labute approximate surface area is 315 Å². The average molecular weight is 707 g/mol. The minimum Gasteiger partial charge on any atom is -0.396 e. The largest absolute Gasteiger partial charge is 0.396 e. The van der Waals surface area contributed by atoms with Gasteiger partial charge in [0.15, 0.2) is 0 Å². The van der Waals surface area contributed by atoms with Crippen LogP contribution in [-0.2, 0) is 0 Å². The first kappa shape index (κ1) is 41.3. The molecule has 6 saturated carbocycles. The number of fused-ring (bicyclic) bond motifs is 10. The second kappa shape index (κ2) is 14.0. The minimum atomic E-state index is -0.490. The lowest BCUT2D eigenvalue weighted by Gasteiger charge is -2.59. The number of hydrogen-bond acceptors (Lipinski definition) is 3. The Morgan fingerprint density at radius 2 is 1.12 bits per heavy atom. The molecular formula is C48H82O3. The van der Waals surface area contributed by atoms with Crippen molar-refractivity contribution < 1.29 is 15.3 Å². The number of aliphatic hydroxyl groups excluding tert-OH is 1. The van der Waals surface area contributed by atoms with Crippen molar-refractivity contribution in [1.29, 1.82) is 0 Å². The van der Waals surface area contributed by atoms with Crippen molar-refractivity contribution in [3.05, 3.63) is 35.5 Å². The van der Waals surface area contributed by atoms with Gasteiger partial charge in [-0.3, -0.25) is 0 Å². The molecule has 0 aromatic rings. The summed E-state index contributed by atoms with van der Waals surface area (Å²) >= 11 is 0. The Balaban J connectivity index is 0.000000190. The van der Waals surface area contributed by atoms with Crippen LogP contribution in [0.3, 0.4) is 0 Å². The van der Waals surface area contributed by atoms with Gasteiger partial charge in [-0.05, 0) is 198 Å². The zero-order valence-electron chi connectivity index (χ0n) is 32.9. The van der Waals surface area contributed by atoms with E-state index in [0.717, 1.165) is 73.5 Å². The van der Waals surface area contributed by atoms with Gasteiger partial charge in [0.1, 0.15) is 0 Å². The van der Waals surface area contributed by atoms with Crippen LogP contribution in [0.5, 0.6) is 0 Å². The van der Waals surface area contributed by atoms with E-state index in [4.69, 9.17) is 0 Å². The van der Waals surface area contributed by atoms with Crippen LogP contribution in [-0.4, -0.2) is 33.1 Å². The van der Waals surface area contributed by atoms with Crippen LogP contribution < -0.4 is 0 Å². The highest BCUT2D eigenvalue weighted by atomic mass is 16.3. The Bertz CT molecular complexity index is 1350. The van der Waals surface area contributed by atoms with Gasteiger partial charge in [-0.25, -0.2) is 0 Å². The fourth-order valence-corrected chi connectivity index (χ4v) is 15.5. The van der Waals surface area contributed by atoms with Crippen LogP contribution in [0, 0.1) is 74.9 Å². The van der Waals surface area contributed by atoms with Crippen molar-refractivity contribution in [2.24, 2.45) is 74.9 Å². The lowest BCUT2D eigenvalue weighted by molar-refractivity contribution is -0.0723. The van der Waals surface area contributed by atoms with Crippen molar-refractivity contribution in [1.82, 2.24) is 0 Å². The highest BCUT2D eigenvalue weighted by molar-refractivity contribution is 5.28. The molecule has 0 aliphatic heterocycles. The number of aliphatic hydroxyl groups is 3. The summed E-state index contributed by atoms with van der Waals surface area (Å²) in [5, 5.41) is 30.9. The molecule has 3 heteroatoms. The van der Waals surface area contributed by atoms with Crippen molar-refractivity contribution in [2.75, 3.05) is 6.61 Å². The van der Waals surface area contributed by atoms with E-state index in [1.54, 1.807) is 11.1 Å². The molecule has 0 spiro atoms. The van der Waals surface area contributed by atoms with Crippen LogP contribution in [0.1, 0.15) is 173 Å². The van der Waals surface area contributed by atoms with Gasteiger partial charge in [0, 0.05) is 6.61 Å². The van der Waals surface area contributed by atoms with E-state index in [2.05, 4.69) is 60.3 Å². The van der Waals surface area contributed by atoms with Crippen molar-refractivity contribution in [3.8, 4) is 0 Å². The van der Waals surface area contributed by atoms with E-state index in [1.165, 1.54) is 76.2 Å². The molecule has 51 heavy (non-hydrogen) atoms. The zero-order valence-corrected chi connectivity index (χ0v) is 32.9. The third kappa shape index (κ3) is 6.54. The van der Waals surface area contributed by atoms with Gasteiger partial charge in [0.25, 0.3) is 0 Å². The van der Waals surface area contributed by atoms with E-state index in [0.29, 0.717) is 40.1 Å². The summed E-state index contributed by atoms with van der Waals surface area (Å²) < 4.78 is 0. The fraction of sp³-hybridized carbons (Fsp3) is 0.875. The Morgan fingerprint density at radius 1 is 0.667 bits per heavy atom. The lowest BCUT2D eigenvalue weighted by Crippen LogP contribution is -2.52. The molecule has 3 nitrogen and oxygen atoms in total. The Morgan fingerprint density at radius 3 is 1.59 bits per heavy atom. The first-order valence-corrected chi connectivity index (χ1v) is 21.0. The molecule has 0 aromatic carbocycles. The van der Waals surface area contributed by atoms with Crippen LogP contribution in [0.2, 0.25) is 0 Å². The van der Waals surface area contributed by atoms with Crippen molar-refractivity contribution in [3.63, 3.8) is 0 Å². The molecule has 0 amide bonds. The molecule has 0 heterocycles. The third-order valence-electron chi connectivity index (χ3n) is 18.4. The summed E-state index contributed by atoms with van der Waals surface area (Å²) in [6.07, 6.45) is 24.5. The molecule has 0 unspecified atom stereocenters. The zero-order chi connectivity index (χ0) is 35.4. The van der Waals surface area contributed by atoms with E-state index in [-0.39, 0.29) is 14.9 Å². The van der Waals surface area contributed by atoms with E-state index in [1.807, 2.05) is 13.8 Å². The maximum Gasteiger partial charge on any atom is 0.0657 e. The predicted octanol–water partition coefficient (Wildman–Crippen LogP) is 12.1. The molecule has 0 bridgehead atoms. The lowest BCUT2D eigenvalue weighted by atomic mass is 9.46. The molecule has 15 atom stereocenters. The molecule has 8 rings (SSSR count). The first-order chi connectivity index (χ1) is 22.9. The summed E-state index contributed by atoms with van der Waals surface area (Å²) in [6, 6.07) is 0. The van der Waals surface area contributed by atoms with Gasteiger partial charge >= 0.3 is 0 Å². The first-order valence-electron chi connectivity index (χ1n) is 21.0. The Kier molecular flexibility index (Phi) is 11.3. The predicted molar refractivity (Wildman–Crippen MR) is 216 cm³/mol. The summed E-state index contributed by atoms with van der Waals surface area (Å²) in [5.41, 5.74) is 5.22. The summed E-state index contributed by atoms with van der Waals surface area (Å²) in [5.74, 6) is 6.96. The standard InChI is InChI=1S/C23H38O2.C23H36O.2CH4/c1-15(14-24)18-7-8-19-17-6-5-16-13-21(2,25)11-12-22(16,3)20(17)9-10-23(18,19)4;1-15(2)18-8-9-19-17-7-6-16-14-21(3,24)12-13-22(16,4)20(17)10-11-23(18,19)5;;/h5,15,17-20,24-25H,6-14H2,1-4H3;6,17-20,24H,1,7-14H2,2-5H3;2*1H4/t15-,17-,18+,19-,20-,21-,22-,23+;17-,18+,19-,20-,21-,22-,23+;;/m00../s1. The maximum absolute atomic E-state index is 10.6. The highest BCUT2D eigenvalue weighted by Crippen LogP contribution is 2.69. The van der Waals surface area contributed by atoms with Gasteiger partial charge in [-0.15, -0.1) is 0 Å². The summed E-state index contributed by atoms with van der Waals surface area (Å²) in [6.45, 7) is 23.4. The number of hydrogen-bond donors (Lipinski definition) is 3. The molecule has 0 radical (unpaired) electrons. The molecule has 6 fully saturated rings. The van der Waals surface area contributed by atoms with Gasteiger partial charge in [0.2, 0.25) is 0 Å². The van der Waals surface area contributed by atoms with Crippen LogP contribution in [0.4, 0.5) is 0 Å². The fourth-order valence-electron chi connectivity index (χ4n) is 15.5. The SMILES string of the molecule is C.C.C=C(C)[C@H]1CC[C@H]2[C@@H]3CC=C4C[C@@](C)(O)CC[C@]4(C)[C@H]3CC[C@]12C.C[C@@H](CO)[C@H]1CC[C@H]2[C@@H]3CC=C4C[C@@](C)(O)CC[C@]4(C)[C@H]3CC[C@]12C. The summed E-state index contributed by atoms with van der Waals surface area (Å²) in [7, 11) is 0. The normalized spacial score (nSPS) is 51.4. The second-order valence-electron chi connectivity index (χ2n) is 21.3. The minimum absolute atomic E-state index is 0. The number of allylic oxidation sites excluding steroid dienone is 3. The van der Waals surface area contributed by atoms with Crippen LogP contribution in [0.15, 0.2) is 35.5 Å². The van der Waals surface area contributed by atoms with Gasteiger partial charge in [-0.2, -0.15) is 0 Å². The van der Waals surface area contributed by atoms with Gasteiger partial charge in [-0.1, -0.05) is 84.9 Å². The van der Waals surface area contributed by atoms with Crippen LogP contribution in [0.25, 0.3) is 0 Å². The molecule has 8 aliphatic rings. The number of rotatable bonds is 3. The molecule has 3 N–H and O–H groups in total. The van der Waals surface area contributed by atoms with Crippen LogP contribution >= 0.6 is 0 Å².